The molecule has 0 saturated heterocycles. The molecule has 0 bridgehead atoms. The van der Waals surface area contributed by atoms with Crippen LogP contribution in [0.25, 0.3) is 0 Å². The van der Waals surface area contributed by atoms with Crippen molar-refractivity contribution in [2.75, 3.05) is 13.2 Å². The zero-order chi connectivity index (χ0) is 15.0. The van der Waals surface area contributed by atoms with E-state index in [1.807, 2.05) is 11.3 Å². The number of ether oxygens (including phenoxy) is 1. The molecule has 1 heterocycles. The molecule has 4 heteroatoms. The Hall–Kier alpha value is -0.450. The molecule has 116 valence electrons. The van der Waals surface area contributed by atoms with E-state index in [9.17, 15) is 0 Å². The van der Waals surface area contributed by atoms with Crippen molar-refractivity contribution in [3.8, 4) is 0 Å². The van der Waals surface area contributed by atoms with Gasteiger partial charge in [0.1, 0.15) is 11.1 Å². The topological polar surface area (TPSA) is 34.1 Å². The predicted octanol–water partition coefficient (Wildman–Crippen LogP) is 4.33. The number of aromatic nitrogens is 1. The fourth-order valence-electron chi connectivity index (χ4n) is 2.17. The molecule has 1 atom stereocenters. The third kappa shape index (κ3) is 5.51. The van der Waals surface area contributed by atoms with Crippen LogP contribution in [0.15, 0.2) is 0 Å². The lowest BCUT2D eigenvalue weighted by atomic mass is 10.2. The van der Waals surface area contributed by atoms with Gasteiger partial charge in [-0.25, -0.2) is 4.98 Å². The molecule has 1 N–H and O–H groups in total. The Morgan fingerprint density at radius 3 is 2.55 bits per heavy atom. The minimum absolute atomic E-state index is 0.180. The van der Waals surface area contributed by atoms with Crippen LogP contribution in [0.5, 0.6) is 0 Å². The molecular weight excluding hydrogens is 268 g/mol. The molecule has 0 fully saturated rings. The van der Waals surface area contributed by atoms with Gasteiger partial charge in [0.15, 0.2) is 0 Å². The molecule has 0 aromatic carbocycles. The Bertz CT molecular complexity index is 371. The molecule has 0 saturated carbocycles. The van der Waals surface area contributed by atoms with Crippen LogP contribution in [0, 0.1) is 5.92 Å². The van der Waals surface area contributed by atoms with E-state index in [1.54, 1.807) is 0 Å². The van der Waals surface area contributed by atoms with Crippen LogP contribution in [-0.4, -0.2) is 18.1 Å². The van der Waals surface area contributed by atoms with Gasteiger partial charge in [-0.3, -0.25) is 0 Å². The Morgan fingerprint density at radius 2 is 2.00 bits per heavy atom. The summed E-state index contributed by atoms with van der Waals surface area (Å²) in [5.74, 6) is 0.684. The van der Waals surface area contributed by atoms with Crippen LogP contribution >= 0.6 is 11.3 Å². The van der Waals surface area contributed by atoms with Crippen molar-refractivity contribution in [3.05, 3.63) is 15.6 Å². The van der Waals surface area contributed by atoms with Crippen molar-refractivity contribution in [2.24, 2.45) is 5.92 Å². The van der Waals surface area contributed by atoms with Crippen LogP contribution < -0.4 is 5.32 Å². The van der Waals surface area contributed by atoms with Gasteiger partial charge >= 0.3 is 0 Å². The smallest absolute Gasteiger partial charge is 0.122 e. The third-order valence-corrected chi connectivity index (χ3v) is 4.35. The first-order valence-corrected chi connectivity index (χ1v) is 8.74. The van der Waals surface area contributed by atoms with Crippen molar-refractivity contribution in [1.29, 1.82) is 0 Å². The highest BCUT2D eigenvalue weighted by Gasteiger charge is 2.18. The molecule has 0 radical (unpaired) electrons. The number of nitrogens with zero attached hydrogens (tertiary/aromatic N) is 1. The summed E-state index contributed by atoms with van der Waals surface area (Å²) in [7, 11) is 0. The van der Waals surface area contributed by atoms with Crippen molar-refractivity contribution in [2.45, 2.75) is 66.5 Å². The maximum atomic E-state index is 5.85. The fraction of sp³-hybridized carbons (Fsp3) is 0.812. The standard InChI is InChI=1S/C16H30N2OS/c1-6-9-14(19-8-3)16-18-13(7-2)15(20-16)11-17-10-12(4)5/h12,14,17H,6-11H2,1-5H3. The summed E-state index contributed by atoms with van der Waals surface area (Å²) in [4.78, 5) is 6.20. The minimum atomic E-state index is 0.180. The highest BCUT2D eigenvalue weighted by molar-refractivity contribution is 7.11. The molecule has 3 nitrogen and oxygen atoms in total. The SMILES string of the molecule is CCCC(OCC)c1nc(CC)c(CNCC(C)C)s1. The van der Waals surface area contributed by atoms with Crippen molar-refractivity contribution in [3.63, 3.8) is 0 Å². The van der Waals surface area contributed by atoms with Gasteiger partial charge in [0.05, 0.1) is 5.69 Å². The second-order valence-corrected chi connectivity index (χ2v) is 6.65. The molecule has 1 rings (SSSR count). The van der Waals surface area contributed by atoms with Gasteiger partial charge in [-0.2, -0.15) is 0 Å². The number of rotatable bonds is 10. The van der Waals surface area contributed by atoms with Crippen molar-refractivity contribution >= 4 is 11.3 Å². The Balaban J connectivity index is 2.75. The number of hydrogen-bond donors (Lipinski definition) is 1. The highest BCUT2D eigenvalue weighted by atomic mass is 32.1. The maximum Gasteiger partial charge on any atom is 0.122 e. The van der Waals surface area contributed by atoms with E-state index in [1.165, 1.54) is 10.6 Å². The quantitative estimate of drug-likeness (QED) is 0.698. The van der Waals surface area contributed by atoms with Crippen LogP contribution in [0.4, 0.5) is 0 Å². The average molecular weight is 298 g/mol. The molecule has 1 aromatic rings. The lowest BCUT2D eigenvalue weighted by Gasteiger charge is -2.12. The minimum Gasteiger partial charge on any atom is -0.371 e. The first-order chi connectivity index (χ1) is 9.62. The Kier molecular flexibility index (Phi) is 8.34. The van der Waals surface area contributed by atoms with Crippen molar-refractivity contribution in [1.82, 2.24) is 10.3 Å². The first-order valence-electron chi connectivity index (χ1n) is 7.93. The molecule has 0 aliphatic heterocycles. The van der Waals surface area contributed by atoms with Gasteiger partial charge in [-0.15, -0.1) is 11.3 Å². The van der Waals surface area contributed by atoms with E-state index in [4.69, 9.17) is 9.72 Å². The summed E-state index contributed by atoms with van der Waals surface area (Å²) in [5.41, 5.74) is 1.24. The van der Waals surface area contributed by atoms with E-state index in [0.29, 0.717) is 5.92 Å². The molecule has 0 spiro atoms. The summed E-state index contributed by atoms with van der Waals surface area (Å²) in [5, 5.41) is 4.68. The molecule has 1 aromatic heterocycles. The number of nitrogens with one attached hydrogen (secondary N) is 1. The summed E-state index contributed by atoms with van der Waals surface area (Å²) < 4.78 is 5.85. The van der Waals surface area contributed by atoms with Crippen LogP contribution in [0.3, 0.4) is 0 Å². The van der Waals surface area contributed by atoms with Crippen LogP contribution in [0.1, 0.15) is 69.1 Å². The zero-order valence-corrected chi connectivity index (χ0v) is 14.5. The van der Waals surface area contributed by atoms with Gasteiger partial charge in [0, 0.05) is 18.0 Å². The number of thiazole rings is 1. The van der Waals surface area contributed by atoms with Gasteiger partial charge in [0.2, 0.25) is 0 Å². The van der Waals surface area contributed by atoms with E-state index in [2.05, 4.69) is 39.9 Å². The normalized spacial score (nSPS) is 13.1. The molecule has 0 aliphatic carbocycles. The van der Waals surface area contributed by atoms with Crippen LogP contribution in [-0.2, 0) is 17.7 Å². The van der Waals surface area contributed by atoms with Gasteiger partial charge in [-0.1, -0.05) is 34.1 Å². The maximum absolute atomic E-state index is 5.85. The second kappa shape index (κ2) is 9.48. The molecular formula is C16H30N2OS. The predicted molar refractivity (Wildman–Crippen MR) is 87.3 cm³/mol. The van der Waals surface area contributed by atoms with E-state index >= 15 is 0 Å². The molecule has 0 aliphatic rings. The fourth-order valence-corrected chi connectivity index (χ4v) is 3.38. The molecule has 20 heavy (non-hydrogen) atoms. The van der Waals surface area contributed by atoms with Gasteiger partial charge in [-0.05, 0) is 32.2 Å². The summed E-state index contributed by atoms with van der Waals surface area (Å²) >= 11 is 1.83. The van der Waals surface area contributed by atoms with Crippen molar-refractivity contribution < 1.29 is 4.74 Å². The third-order valence-electron chi connectivity index (χ3n) is 3.16. The summed E-state index contributed by atoms with van der Waals surface area (Å²) in [6, 6.07) is 0. The highest BCUT2D eigenvalue weighted by Crippen LogP contribution is 2.29. The number of hydrogen-bond acceptors (Lipinski definition) is 4. The van der Waals surface area contributed by atoms with Crippen LogP contribution in [0.2, 0.25) is 0 Å². The van der Waals surface area contributed by atoms with E-state index in [-0.39, 0.29) is 6.10 Å². The lowest BCUT2D eigenvalue weighted by Crippen LogP contribution is -2.18. The van der Waals surface area contributed by atoms with Gasteiger partial charge < -0.3 is 10.1 Å². The molecule has 1 unspecified atom stereocenters. The second-order valence-electron chi connectivity index (χ2n) is 5.53. The summed E-state index contributed by atoms with van der Waals surface area (Å²) in [6.45, 7) is 13.7. The largest absolute Gasteiger partial charge is 0.371 e. The first kappa shape index (κ1) is 17.6. The average Bonchev–Trinajstić information content (AvgIpc) is 2.81. The van der Waals surface area contributed by atoms with E-state index < -0.39 is 0 Å². The Labute approximate surface area is 128 Å². The number of aryl methyl sites for hydroxylation is 1. The monoisotopic (exact) mass is 298 g/mol. The van der Waals surface area contributed by atoms with E-state index in [0.717, 1.165) is 44.0 Å². The Morgan fingerprint density at radius 1 is 1.25 bits per heavy atom. The zero-order valence-electron chi connectivity index (χ0n) is 13.7. The molecule has 0 amide bonds. The summed E-state index contributed by atoms with van der Waals surface area (Å²) in [6.07, 6.45) is 3.37. The van der Waals surface area contributed by atoms with Gasteiger partial charge in [0.25, 0.3) is 0 Å². The lowest BCUT2D eigenvalue weighted by molar-refractivity contribution is 0.0554.